The van der Waals surface area contributed by atoms with Gasteiger partial charge in [-0.1, -0.05) is 60.7 Å². The van der Waals surface area contributed by atoms with Gasteiger partial charge in [-0.2, -0.15) is 0 Å². The van der Waals surface area contributed by atoms with Gasteiger partial charge in [0.25, 0.3) is 0 Å². The van der Waals surface area contributed by atoms with Crippen LogP contribution in [0, 0.1) is 0 Å². The van der Waals surface area contributed by atoms with E-state index in [2.05, 4.69) is 72.8 Å². The molecule has 0 bridgehead atoms. The number of hydrogen-bond acceptors (Lipinski definition) is 0. The van der Waals surface area contributed by atoms with E-state index in [-0.39, 0.29) is 0 Å². The Hall–Kier alpha value is -2.60. The lowest BCUT2D eigenvalue weighted by atomic mass is 9.99. The van der Waals surface area contributed by atoms with Gasteiger partial charge in [-0.15, -0.1) is 0 Å². The van der Waals surface area contributed by atoms with Crippen LogP contribution in [0.2, 0.25) is 0 Å². The molecule has 0 N–H and O–H groups in total. The van der Waals surface area contributed by atoms with Crippen molar-refractivity contribution in [3.05, 3.63) is 82.9 Å². The maximum absolute atomic E-state index is 2.36. The van der Waals surface area contributed by atoms with Crippen LogP contribution in [0.15, 0.2) is 60.7 Å². The van der Waals surface area contributed by atoms with Gasteiger partial charge >= 0.3 is 0 Å². The molecule has 92 valence electrons. The highest BCUT2D eigenvalue weighted by Crippen LogP contribution is 2.49. The molecule has 2 aliphatic rings. The first kappa shape index (κ1) is 10.2. The van der Waals surface area contributed by atoms with Crippen LogP contribution in [-0.2, 0) is 0 Å². The molecule has 0 aliphatic heterocycles. The molecular weight excluding hydrogens is 240 g/mol. The second kappa shape index (κ2) is 3.49. The van der Waals surface area contributed by atoms with Gasteiger partial charge in [-0.25, -0.2) is 0 Å². The van der Waals surface area contributed by atoms with E-state index in [4.69, 9.17) is 0 Å². The van der Waals surface area contributed by atoms with Crippen LogP contribution in [-0.4, -0.2) is 0 Å². The number of benzene rings is 3. The molecule has 0 nitrogen and oxygen atoms in total. The van der Waals surface area contributed by atoms with E-state index < -0.39 is 0 Å². The third kappa shape index (κ3) is 1.16. The van der Waals surface area contributed by atoms with Gasteiger partial charge in [0.15, 0.2) is 0 Å². The van der Waals surface area contributed by atoms with Crippen LogP contribution in [0.5, 0.6) is 0 Å². The number of allylic oxidation sites excluding steroid dienone is 2. The Morgan fingerprint density at radius 3 is 2.35 bits per heavy atom. The molecule has 0 aromatic heterocycles. The molecule has 2 aliphatic carbocycles. The molecule has 3 aromatic carbocycles. The zero-order chi connectivity index (χ0) is 13.1. The Kier molecular flexibility index (Phi) is 1.78. The predicted molar refractivity (Wildman–Crippen MR) is 86.1 cm³/mol. The van der Waals surface area contributed by atoms with E-state index in [9.17, 15) is 0 Å². The maximum Gasteiger partial charge on any atom is -0.00926 e. The van der Waals surface area contributed by atoms with Crippen LogP contribution < -0.4 is 0 Å². The molecule has 3 aromatic rings. The zero-order valence-corrected chi connectivity index (χ0v) is 10.9. The van der Waals surface area contributed by atoms with Crippen LogP contribution in [0.1, 0.15) is 22.3 Å². The quantitative estimate of drug-likeness (QED) is 0.512. The van der Waals surface area contributed by atoms with E-state index in [0.29, 0.717) is 0 Å². The highest BCUT2D eigenvalue weighted by atomic mass is 14.3. The third-order valence-corrected chi connectivity index (χ3v) is 4.39. The fraction of sp³-hybridized carbons (Fsp3) is 0. The fourth-order valence-corrected chi connectivity index (χ4v) is 3.46. The molecule has 0 saturated heterocycles. The first-order valence-corrected chi connectivity index (χ1v) is 6.97. The van der Waals surface area contributed by atoms with Crippen molar-refractivity contribution in [2.45, 2.75) is 0 Å². The van der Waals surface area contributed by atoms with Crippen LogP contribution >= 0.6 is 0 Å². The molecule has 0 fully saturated rings. The number of hydrogen-bond donors (Lipinski definition) is 0. The van der Waals surface area contributed by atoms with Crippen molar-refractivity contribution < 1.29 is 0 Å². The van der Waals surface area contributed by atoms with Gasteiger partial charge in [0.2, 0.25) is 0 Å². The molecule has 20 heavy (non-hydrogen) atoms. The summed E-state index contributed by atoms with van der Waals surface area (Å²) in [6, 6.07) is 21.8. The van der Waals surface area contributed by atoms with Gasteiger partial charge in [0.1, 0.15) is 0 Å². The summed E-state index contributed by atoms with van der Waals surface area (Å²) in [4.78, 5) is 0. The van der Waals surface area contributed by atoms with Gasteiger partial charge < -0.3 is 0 Å². The van der Waals surface area contributed by atoms with Crippen molar-refractivity contribution in [1.82, 2.24) is 0 Å². The predicted octanol–water partition coefficient (Wildman–Crippen LogP) is 5.25. The second-order valence-electron chi connectivity index (χ2n) is 5.45. The number of fused-ring (bicyclic) bond motifs is 7. The van der Waals surface area contributed by atoms with Crippen LogP contribution in [0.25, 0.3) is 34.1 Å². The first-order chi connectivity index (χ1) is 9.92. The minimum atomic E-state index is 1.32. The van der Waals surface area contributed by atoms with Crippen molar-refractivity contribution in [2.75, 3.05) is 0 Å². The van der Waals surface area contributed by atoms with Crippen molar-refractivity contribution in [3.8, 4) is 0 Å². The van der Waals surface area contributed by atoms with Crippen molar-refractivity contribution in [3.63, 3.8) is 0 Å². The molecule has 0 atom stereocenters. The molecule has 0 heterocycles. The van der Waals surface area contributed by atoms with E-state index >= 15 is 0 Å². The molecule has 0 saturated carbocycles. The van der Waals surface area contributed by atoms with E-state index in [1.54, 1.807) is 0 Å². The van der Waals surface area contributed by atoms with Crippen LogP contribution in [0.4, 0.5) is 0 Å². The largest absolute Gasteiger partial charge is 0.0616 e. The van der Waals surface area contributed by atoms with E-state index in [1.807, 2.05) is 0 Å². The molecular formula is C20H12. The maximum atomic E-state index is 2.36. The lowest BCUT2D eigenvalue weighted by Crippen LogP contribution is -1.83. The minimum absolute atomic E-state index is 1.32. The first-order valence-electron chi connectivity index (χ1n) is 6.97. The summed E-state index contributed by atoms with van der Waals surface area (Å²) < 4.78 is 0. The summed E-state index contributed by atoms with van der Waals surface area (Å²) in [5.74, 6) is 0. The minimum Gasteiger partial charge on any atom is -0.0616 e. The Balaban J connectivity index is 1.86. The van der Waals surface area contributed by atoms with Gasteiger partial charge in [0, 0.05) is 0 Å². The fourth-order valence-electron chi connectivity index (χ4n) is 3.46. The van der Waals surface area contributed by atoms with Gasteiger partial charge in [-0.3, -0.25) is 0 Å². The third-order valence-electron chi connectivity index (χ3n) is 4.39. The van der Waals surface area contributed by atoms with E-state index in [0.717, 1.165) is 0 Å². The standard InChI is InChI=1S/C20H12/c1-3-7-15-13(5-1)9-10-17-18-11-14-6-2-4-8-16(14)20(18)12-19(15)17/h1-12H. The summed E-state index contributed by atoms with van der Waals surface area (Å²) in [6.07, 6.45) is 4.68. The molecule has 0 heteroatoms. The lowest BCUT2D eigenvalue weighted by molar-refractivity contribution is 1.62. The smallest absolute Gasteiger partial charge is 0.00926 e. The molecule has 0 spiro atoms. The monoisotopic (exact) mass is 252 g/mol. The molecule has 0 radical (unpaired) electrons. The Bertz CT molecular complexity index is 939. The van der Waals surface area contributed by atoms with Gasteiger partial charge in [-0.05, 0) is 56.3 Å². The molecule has 5 rings (SSSR count). The summed E-state index contributed by atoms with van der Waals surface area (Å²) in [6.45, 7) is 0. The summed E-state index contributed by atoms with van der Waals surface area (Å²) >= 11 is 0. The average Bonchev–Trinajstić information content (AvgIpc) is 3.03. The topological polar surface area (TPSA) is 0 Å². The summed E-state index contributed by atoms with van der Waals surface area (Å²) in [5, 5.41) is 2.67. The Labute approximate surface area is 117 Å². The normalized spacial score (nSPS) is 14.6. The van der Waals surface area contributed by atoms with Crippen molar-refractivity contribution in [2.24, 2.45) is 0 Å². The summed E-state index contributed by atoms with van der Waals surface area (Å²) in [5.41, 5.74) is 8.21. The molecule has 0 unspecified atom stereocenters. The number of rotatable bonds is 0. The SMILES string of the molecule is C1=C2C(=Cc3ccccc32)c2ccc3ccccc3c21. The average molecular weight is 252 g/mol. The second-order valence-corrected chi connectivity index (χ2v) is 5.45. The Morgan fingerprint density at radius 2 is 1.35 bits per heavy atom. The van der Waals surface area contributed by atoms with Gasteiger partial charge in [0.05, 0.1) is 0 Å². The van der Waals surface area contributed by atoms with Crippen molar-refractivity contribution >= 4 is 34.1 Å². The van der Waals surface area contributed by atoms with E-state index in [1.165, 1.54) is 44.2 Å². The zero-order valence-electron chi connectivity index (χ0n) is 10.9. The highest BCUT2D eigenvalue weighted by Gasteiger charge is 2.26. The summed E-state index contributed by atoms with van der Waals surface area (Å²) in [7, 11) is 0. The van der Waals surface area contributed by atoms with Crippen molar-refractivity contribution in [1.29, 1.82) is 0 Å². The van der Waals surface area contributed by atoms with Crippen LogP contribution in [0.3, 0.4) is 0 Å². The molecule has 0 amide bonds. The lowest BCUT2D eigenvalue weighted by Gasteiger charge is -2.05. The highest BCUT2D eigenvalue weighted by molar-refractivity contribution is 6.28. The Morgan fingerprint density at radius 1 is 0.550 bits per heavy atom.